The molecule has 20 heavy (non-hydrogen) atoms. The Bertz CT molecular complexity index is 745. The van der Waals surface area contributed by atoms with Crippen LogP contribution in [0.25, 0.3) is 22.2 Å². The average molecular weight is 267 g/mol. The zero-order chi connectivity index (χ0) is 13.9. The van der Waals surface area contributed by atoms with Gasteiger partial charge in [0.2, 0.25) is 5.88 Å². The first-order valence-corrected chi connectivity index (χ1v) is 6.13. The largest absolute Gasteiger partial charge is 0.480 e. The second kappa shape index (κ2) is 5.13. The highest BCUT2D eigenvalue weighted by Gasteiger charge is 2.14. The fourth-order valence-corrected chi connectivity index (χ4v) is 2.10. The molecule has 3 rings (SSSR count). The Balaban J connectivity index is 2.34. The van der Waals surface area contributed by atoms with E-state index in [0.29, 0.717) is 5.88 Å². The number of fused-ring (bicyclic) bond motifs is 1. The summed E-state index contributed by atoms with van der Waals surface area (Å²) in [7, 11) is 3.11. The number of aromatic nitrogens is 3. The van der Waals surface area contributed by atoms with Gasteiger partial charge in [0.25, 0.3) is 0 Å². The van der Waals surface area contributed by atoms with Crippen molar-refractivity contribution in [1.82, 2.24) is 15.0 Å². The number of hydrogen-bond acceptors (Lipinski definition) is 5. The molecule has 0 bridgehead atoms. The lowest BCUT2D eigenvalue weighted by atomic mass is 10.1. The summed E-state index contributed by atoms with van der Waals surface area (Å²) < 4.78 is 10.5. The van der Waals surface area contributed by atoms with Crippen LogP contribution in [0.2, 0.25) is 0 Å². The lowest BCUT2D eigenvalue weighted by Crippen LogP contribution is -1.98. The van der Waals surface area contributed by atoms with E-state index in [1.165, 1.54) is 7.11 Å². The van der Waals surface area contributed by atoms with Crippen molar-refractivity contribution in [2.45, 2.75) is 0 Å². The van der Waals surface area contributed by atoms with Gasteiger partial charge in [-0.05, 0) is 18.2 Å². The third-order valence-corrected chi connectivity index (χ3v) is 2.99. The highest BCUT2D eigenvalue weighted by atomic mass is 16.5. The highest BCUT2D eigenvalue weighted by Crippen LogP contribution is 2.33. The smallest absolute Gasteiger partial charge is 0.320 e. The minimum absolute atomic E-state index is 0.285. The summed E-state index contributed by atoms with van der Waals surface area (Å²) in [6.45, 7) is 0. The van der Waals surface area contributed by atoms with Crippen LogP contribution < -0.4 is 9.47 Å². The summed E-state index contributed by atoms with van der Waals surface area (Å²) in [5, 5.41) is 0.828. The first-order chi connectivity index (χ1) is 9.83. The Kier molecular flexibility index (Phi) is 3.16. The van der Waals surface area contributed by atoms with Gasteiger partial charge in [0.1, 0.15) is 0 Å². The normalized spacial score (nSPS) is 10.5. The number of rotatable bonds is 3. The number of hydrogen-bond donors (Lipinski definition) is 0. The molecule has 1 aromatic carbocycles. The lowest BCUT2D eigenvalue weighted by Gasteiger charge is -2.10. The molecule has 5 heteroatoms. The standard InChI is InChI=1S/C15H13N3O2/c1-19-14-13-10(11-7-3-4-9-16-11)6-5-8-12(13)17-15(18-14)20-2/h3-9H,1-2H3. The summed E-state index contributed by atoms with van der Waals surface area (Å²) in [5.41, 5.74) is 2.55. The zero-order valence-electron chi connectivity index (χ0n) is 11.2. The molecular formula is C15H13N3O2. The van der Waals surface area contributed by atoms with Crippen molar-refractivity contribution in [3.05, 3.63) is 42.6 Å². The van der Waals surface area contributed by atoms with Crippen LogP contribution >= 0.6 is 0 Å². The van der Waals surface area contributed by atoms with Gasteiger partial charge in [-0.3, -0.25) is 4.98 Å². The number of benzene rings is 1. The zero-order valence-corrected chi connectivity index (χ0v) is 11.2. The van der Waals surface area contributed by atoms with E-state index in [4.69, 9.17) is 9.47 Å². The Morgan fingerprint density at radius 1 is 0.900 bits per heavy atom. The minimum Gasteiger partial charge on any atom is -0.480 e. The van der Waals surface area contributed by atoms with Gasteiger partial charge in [0, 0.05) is 11.8 Å². The quantitative estimate of drug-likeness (QED) is 0.730. The minimum atomic E-state index is 0.285. The maximum atomic E-state index is 5.37. The molecular weight excluding hydrogens is 254 g/mol. The Hall–Kier alpha value is -2.69. The SMILES string of the molecule is COc1nc(OC)c2c(-c3ccccn3)cccc2n1. The van der Waals surface area contributed by atoms with Crippen molar-refractivity contribution in [3.63, 3.8) is 0 Å². The molecule has 0 unspecified atom stereocenters. The van der Waals surface area contributed by atoms with E-state index < -0.39 is 0 Å². The van der Waals surface area contributed by atoms with Gasteiger partial charge in [0.05, 0.1) is 30.8 Å². The highest BCUT2D eigenvalue weighted by molar-refractivity contribution is 5.97. The third kappa shape index (κ3) is 2.03. The Morgan fingerprint density at radius 3 is 2.50 bits per heavy atom. The van der Waals surface area contributed by atoms with Crippen molar-refractivity contribution >= 4 is 10.9 Å². The summed E-state index contributed by atoms with van der Waals surface area (Å²) in [4.78, 5) is 13.0. The van der Waals surface area contributed by atoms with Gasteiger partial charge in [0.15, 0.2) is 0 Å². The molecule has 2 aromatic heterocycles. The van der Waals surface area contributed by atoms with Crippen LogP contribution in [0.15, 0.2) is 42.6 Å². The van der Waals surface area contributed by atoms with Crippen molar-refractivity contribution in [2.75, 3.05) is 14.2 Å². The van der Waals surface area contributed by atoms with E-state index in [-0.39, 0.29) is 6.01 Å². The van der Waals surface area contributed by atoms with E-state index >= 15 is 0 Å². The first kappa shape index (κ1) is 12.3. The van der Waals surface area contributed by atoms with Crippen LogP contribution in [0.5, 0.6) is 11.9 Å². The average Bonchev–Trinajstić information content (AvgIpc) is 2.53. The fraction of sp³-hybridized carbons (Fsp3) is 0.133. The van der Waals surface area contributed by atoms with Gasteiger partial charge >= 0.3 is 6.01 Å². The molecule has 0 amide bonds. The van der Waals surface area contributed by atoms with Gasteiger partial charge in [-0.1, -0.05) is 18.2 Å². The summed E-state index contributed by atoms with van der Waals surface area (Å²) in [6.07, 6.45) is 1.75. The van der Waals surface area contributed by atoms with Crippen LogP contribution in [0.4, 0.5) is 0 Å². The summed E-state index contributed by atoms with van der Waals surface area (Å²) >= 11 is 0. The predicted molar refractivity (Wildman–Crippen MR) is 75.9 cm³/mol. The number of ether oxygens (including phenoxy) is 2. The lowest BCUT2D eigenvalue weighted by molar-refractivity contribution is 0.357. The molecule has 0 atom stereocenters. The molecule has 5 nitrogen and oxygen atoms in total. The van der Waals surface area contributed by atoms with Crippen molar-refractivity contribution < 1.29 is 9.47 Å². The van der Waals surface area contributed by atoms with Crippen molar-refractivity contribution in [1.29, 1.82) is 0 Å². The van der Waals surface area contributed by atoms with Gasteiger partial charge in [-0.15, -0.1) is 0 Å². The molecule has 0 radical (unpaired) electrons. The molecule has 0 aliphatic heterocycles. The molecule has 2 heterocycles. The van der Waals surface area contributed by atoms with E-state index in [1.807, 2.05) is 36.4 Å². The maximum absolute atomic E-state index is 5.37. The molecule has 0 N–H and O–H groups in total. The number of pyridine rings is 1. The number of nitrogens with zero attached hydrogens (tertiary/aromatic N) is 3. The second-order valence-corrected chi connectivity index (χ2v) is 4.13. The molecule has 0 aliphatic carbocycles. The van der Waals surface area contributed by atoms with Crippen LogP contribution in [0.1, 0.15) is 0 Å². The first-order valence-electron chi connectivity index (χ1n) is 6.13. The Labute approximate surface area is 116 Å². The molecule has 100 valence electrons. The third-order valence-electron chi connectivity index (χ3n) is 2.99. The van der Waals surface area contributed by atoms with Crippen molar-refractivity contribution in [3.8, 4) is 23.1 Å². The van der Waals surface area contributed by atoms with Gasteiger partial charge < -0.3 is 9.47 Å². The van der Waals surface area contributed by atoms with Crippen LogP contribution in [0, 0.1) is 0 Å². The Morgan fingerprint density at radius 2 is 1.80 bits per heavy atom. The maximum Gasteiger partial charge on any atom is 0.320 e. The number of methoxy groups -OCH3 is 2. The molecule has 0 saturated carbocycles. The molecule has 0 fully saturated rings. The predicted octanol–water partition coefficient (Wildman–Crippen LogP) is 2.71. The van der Waals surface area contributed by atoms with Crippen LogP contribution in [-0.2, 0) is 0 Å². The molecule has 3 aromatic rings. The van der Waals surface area contributed by atoms with E-state index in [0.717, 1.165) is 22.2 Å². The second-order valence-electron chi connectivity index (χ2n) is 4.13. The topological polar surface area (TPSA) is 57.1 Å². The summed E-state index contributed by atoms with van der Waals surface area (Å²) in [6, 6.07) is 11.9. The van der Waals surface area contributed by atoms with E-state index in [9.17, 15) is 0 Å². The van der Waals surface area contributed by atoms with Crippen LogP contribution in [0.3, 0.4) is 0 Å². The van der Waals surface area contributed by atoms with E-state index in [2.05, 4.69) is 15.0 Å². The molecule has 0 saturated heterocycles. The molecule has 0 spiro atoms. The summed E-state index contributed by atoms with van der Waals surface area (Å²) in [5.74, 6) is 0.480. The van der Waals surface area contributed by atoms with E-state index in [1.54, 1.807) is 13.3 Å². The monoisotopic (exact) mass is 267 g/mol. The molecule has 0 aliphatic rings. The van der Waals surface area contributed by atoms with Crippen molar-refractivity contribution in [2.24, 2.45) is 0 Å². The fourth-order valence-electron chi connectivity index (χ4n) is 2.10. The van der Waals surface area contributed by atoms with Gasteiger partial charge in [-0.25, -0.2) is 0 Å². The van der Waals surface area contributed by atoms with Crippen LogP contribution in [-0.4, -0.2) is 29.2 Å². The van der Waals surface area contributed by atoms with Gasteiger partial charge in [-0.2, -0.15) is 9.97 Å².